The highest BCUT2D eigenvalue weighted by Gasteiger charge is 2.13. The summed E-state index contributed by atoms with van der Waals surface area (Å²) >= 11 is 1.71. The van der Waals surface area contributed by atoms with Gasteiger partial charge in [0.05, 0.1) is 16.7 Å². The molecule has 1 aliphatic carbocycles. The van der Waals surface area contributed by atoms with Crippen LogP contribution in [-0.4, -0.2) is 15.0 Å². The van der Waals surface area contributed by atoms with E-state index in [0.717, 1.165) is 27.6 Å². The molecule has 1 aromatic carbocycles. The van der Waals surface area contributed by atoms with Gasteiger partial charge in [-0.15, -0.1) is 24.8 Å². The highest BCUT2D eigenvalue weighted by molar-refractivity contribution is 7.98. The number of aromatic nitrogens is 3. The van der Waals surface area contributed by atoms with Crippen LogP contribution in [0.5, 0.6) is 0 Å². The molecule has 0 saturated carbocycles. The van der Waals surface area contributed by atoms with Gasteiger partial charge < -0.3 is 4.98 Å². The van der Waals surface area contributed by atoms with Gasteiger partial charge in [0, 0.05) is 11.9 Å². The number of halogens is 2. The highest BCUT2D eigenvalue weighted by atomic mass is 35.5. The third-order valence-electron chi connectivity index (χ3n) is 4.00. The molecular formula is C17H19Cl2N3S. The average molecular weight is 368 g/mol. The fourth-order valence-electron chi connectivity index (χ4n) is 2.85. The minimum atomic E-state index is 0. The summed E-state index contributed by atoms with van der Waals surface area (Å²) in [5.41, 5.74) is 7.51. The van der Waals surface area contributed by atoms with Crippen molar-refractivity contribution in [2.45, 2.75) is 37.1 Å². The largest absolute Gasteiger partial charge is 0.333 e. The van der Waals surface area contributed by atoms with Crippen LogP contribution in [0.1, 0.15) is 28.8 Å². The van der Waals surface area contributed by atoms with E-state index in [-0.39, 0.29) is 24.8 Å². The second-order valence-electron chi connectivity index (χ2n) is 5.65. The van der Waals surface area contributed by atoms with Crippen LogP contribution in [0.2, 0.25) is 0 Å². The SMILES string of the molecule is Cc1ccc(CSc2nc3cc4c(cc3[nH]2)CCC4)nc1.Cl.Cl. The number of pyridine rings is 1. The molecule has 3 nitrogen and oxygen atoms in total. The van der Waals surface area contributed by atoms with Crippen LogP contribution in [-0.2, 0) is 18.6 Å². The van der Waals surface area contributed by atoms with Gasteiger partial charge >= 0.3 is 0 Å². The molecule has 0 aliphatic heterocycles. The van der Waals surface area contributed by atoms with E-state index < -0.39 is 0 Å². The summed E-state index contributed by atoms with van der Waals surface area (Å²) in [6.07, 6.45) is 5.61. The van der Waals surface area contributed by atoms with Gasteiger partial charge in [0.25, 0.3) is 0 Å². The molecule has 122 valence electrons. The molecule has 0 amide bonds. The zero-order chi connectivity index (χ0) is 14.2. The summed E-state index contributed by atoms with van der Waals surface area (Å²) < 4.78 is 0. The summed E-state index contributed by atoms with van der Waals surface area (Å²) in [5.74, 6) is 0.847. The van der Waals surface area contributed by atoms with Gasteiger partial charge in [0.15, 0.2) is 5.16 Å². The molecule has 2 heterocycles. The lowest BCUT2D eigenvalue weighted by Crippen LogP contribution is -1.87. The Kier molecular flexibility index (Phi) is 5.95. The Morgan fingerprint density at radius 3 is 2.65 bits per heavy atom. The van der Waals surface area contributed by atoms with Gasteiger partial charge in [-0.05, 0) is 61.1 Å². The fraction of sp³-hybridized carbons (Fsp3) is 0.294. The number of nitrogens with zero attached hydrogens (tertiary/aromatic N) is 2. The second kappa shape index (κ2) is 7.56. The first-order valence-corrected chi connectivity index (χ1v) is 8.32. The van der Waals surface area contributed by atoms with Gasteiger partial charge in [-0.3, -0.25) is 4.98 Å². The lowest BCUT2D eigenvalue weighted by Gasteiger charge is -1.98. The molecule has 0 fully saturated rings. The minimum Gasteiger partial charge on any atom is -0.333 e. The third kappa shape index (κ3) is 3.82. The molecule has 0 bridgehead atoms. The van der Waals surface area contributed by atoms with Gasteiger partial charge in [-0.1, -0.05) is 17.8 Å². The zero-order valence-corrected chi connectivity index (χ0v) is 15.3. The van der Waals surface area contributed by atoms with Crippen LogP contribution in [0, 0.1) is 6.92 Å². The predicted octanol–water partition coefficient (Wildman–Crippen LogP) is 4.89. The third-order valence-corrected chi connectivity index (χ3v) is 4.91. The Morgan fingerprint density at radius 1 is 1.13 bits per heavy atom. The summed E-state index contributed by atoms with van der Waals surface area (Å²) in [6, 6.07) is 8.72. The quantitative estimate of drug-likeness (QED) is 0.669. The van der Waals surface area contributed by atoms with E-state index in [4.69, 9.17) is 4.98 Å². The number of nitrogens with one attached hydrogen (secondary N) is 1. The fourth-order valence-corrected chi connectivity index (χ4v) is 3.65. The molecule has 0 spiro atoms. The van der Waals surface area contributed by atoms with E-state index in [2.05, 4.69) is 41.2 Å². The zero-order valence-electron chi connectivity index (χ0n) is 12.8. The van der Waals surface area contributed by atoms with E-state index in [1.165, 1.54) is 36.0 Å². The van der Waals surface area contributed by atoms with Gasteiger partial charge in [-0.2, -0.15) is 0 Å². The van der Waals surface area contributed by atoms with Crippen LogP contribution in [0.25, 0.3) is 11.0 Å². The van der Waals surface area contributed by atoms with Crippen molar-refractivity contribution in [1.29, 1.82) is 0 Å². The Hall–Kier alpha value is -1.23. The maximum absolute atomic E-state index is 4.70. The molecule has 1 N–H and O–H groups in total. The van der Waals surface area contributed by atoms with E-state index in [9.17, 15) is 0 Å². The number of hydrogen-bond acceptors (Lipinski definition) is 3. The number of thioether (sulfide) groups is 1. The lowest BCUT2D eigenvalue weighted by atomic mass is 10.1. The monoisotopic (exact) mass is 367 g/mol. The van der Waals surface area contributed by atoms with Crippen LogP contribution in [0.4, 0.5) is 0 Å². The topological polar surface area (TPSA) is 41.6 Å². The molecule has 6 heteroatoms. The molecule has 4 rings (SSSR count). The molecule has 2 aromatic heterocycles. The van der Waals surface area contributed by atoms with Crippen LogP contribution < -0.4 is 0 Å². The smallest absolute Gasteiger partial charge is 0.166 e. The van der Waals surface area contributed by atoms with Crippen molar-refractivity contribution in [2.75, 3.05) is 0 Å². The van der Waals surface area contributed by atoms with Crippen molar-refractivity contribution in [3.05, 3.63) is 52.8 Å². The summed E-state index contributed by atoms with van der Waals surface area (Å²) in [6.45, 7) is 2.06. The maximum atomic E-state index is 4.70. The van der Waals surface area contributed by atoms with E-state index >= 15 is 0 Å². The van der Waals surface area contributed by atoms with Crippen molar-refractivity contribution < 1.29 is 0 Å². The van der Waals surface area contributed by atoms with Crippen molar-refractivity contribution in [3.8, 4) is 0 Å². The van der Waals surface area contributed by atoms with Crippen molar-refractivity contribution in [3.63, 3.8) is 0 Å². The standard InChI is InChI=1S/C17H17N3S.2ClH/c1-11-5-6-14(18-9-11)10-21-17-19-15-7-12-3-2-4-13(12)8-16(15)20-17;;/h5-9H,2-4,10H2,1H3,(H,19,20);2*1H. The first kappa shape index (κ1) is 18.1. The highest BCUT2D eigenvalue weighted by Crippen LogP contribution is 2.28. The number of fused-ring (bicyclic) bond motifs is 2. The molecule has 0 unspecified atom stereocenters. The number of imidazole rings is 1. The molecule has 1 aliphatic rings. The number of rotatable bonds is 3. The second-order valence-corrected chi connectivity index (χ2v) is 6.61. The summed E-state index contributed by atoms with van der Waals surface area (Å²) in [5, 5.41) is 0.982. The van der Waals surface area contributed by atoms with Crippen molar-refractivity contribution in [2.24, 2.45) is 0 Å². The van der Waals surface area contributed by atoms with Crippen molar-refractivity contribution in [1.82, 2.24) is 15.0 Å². The Bertz CT molecular complexity index is 758. The normalized spacial score (nSPS) is 12.6. The number of aryl methyl sites for hydroxylation is 3. The number of benzene rings is 1. The van der Waals surface area contributed by atoms with Gasteiger partial charge in [0.2, 0.25) is 0 Å². The average Bonchev–Trinajstić information content (AvgIpc) is 3.09. The van der Waals surface area contributed by atoms with Crippen molar-refractivity contribution >= 4 is 47.6 Å². The minimum absolute atomic E-state index is 0. The van der Waals surface area contributed by atoms with E-state index in [1.54, 1.807) is 11.8 Å². The molecule has 3 aromatic rings. The summed E-state index contributed by atoms with van der Waals surface area (Å²) in [4.78, 5) is 12.6. The molecule has 23 heavy (non-hydrogen) atoms. The first-order valence-electron chi connectivity index (χ1n) is 7.34. The van der Waals surface area contributed by atoms with E-state index in [0.29, 0.717) is 0 Å². The summed E-state index contributed by atoms with van der Waals surface area (Å²) in [7, 11) is 0. The molecule has 0 saturated heterocycles. The maximum Gasteiger partial charge on any atom is 0.166 e. The predicted molar refractivity (Wildman–Crippen MR) is 101 cm³/mol. The lowest BCUT2D eigenvalue weighted by molar-refractivity contribution is 0.911. The van der Waals surface area contributed by atoms with Crippen LogP contribution in [0.15, 0.2) is 35.6 Å². The number of H-pyrrole nitrogens is 1. The molecule has 0 atom stereocenters. The van der Waals surface area contributed by atoms with E-state index in [1.807, 2.05) is 6.20 Å². The Morgan fingerprint density at radius 2 is 1.91 bits per heavy atom. The van der Waals surface area contributed by atoms with Gasteiger partial charge in [0.1, 0.15) is 0 Å². The Balaban J connectivity index is 0.000000960. The number of hydrogen-bond donors (Lipinski definition) is 1. The molecular weight excluding hydrogens is 349 g/mol. The first-order chi connectivity index (χ1) is 10.3. The van der Waals surface area contributed by atoms with Crippen LogP contribution in [0.3, 0.4) is 0 Å². The van der Waals surface area contributed by atoms with Crippen LogP contribution >= 0.6 is 36.6 Å². The van der Waals surface area contributed by atoms with Gasteiger partial charge in [-0.25, -0.2) is 4.98 Å². The number of aromatic amines is 1. The Labute approximate surface area is 152 Å². The molecule has 0 radical (unpaired) electrons.